The van der Waals surface area contributed by atoms with Gasteiger partial charge in [-0.25, -0.2) is 0 Å². The maximum Gasteiger partial charge on any atom is 0.275 e. The minimum atomic E-state index is -0.692. The zero-order valence-electron chi connectivity index (χ0n) is 15.0. The van der Waals surface area contributed by atoms with Gasteiger partial charge < -0.3 is 20.1 Å². The molecule has 1 aromatic heterocycles. The SMILES string of the molecule is Cc1nsnc1C(=O)N1CC[C@@H](O)[C@H](NC(=O)CCOc2ccccc2)C1. The Balaban J connectivity index is 1.50. The quantitative estimate of drug-likeness (QED) is 0.763. The molecule has 1 aliphatic heterocycles. The lowest BCUT2D eigenvalue weighted by Crippen LogP contribution is -2.56. The molecular weight excluding hydrogens is 368 g/mol. The topological polar surface area (TPSA) is 105 Å². The second kappa shape index (κ2) is 8.92. The van der Waals surface area contributed by atoms with Crippen LogP contribution in [0.4, 0.5) is 0 Å². The van der Waals surface area contributed by atoms with Gasteiger partial charge in [0.05, 0.1) is 42.6 Å². The van der Waals surface area contributed by atoms with Crippen LogP contribution >= 0.6 is 11.7 Å². The van der Waals surface area contributed by atoms with Gasteiger partial charge in [-0.3, -0.25) is 9.59 Å². The highest BCUT2D eigenvalue weighted by Crippen LogP contribution is 2.16. The first-order valence-corrected chi connectivity index (χ1v) is 9.51. The number of hydrogen-bond donors (Lipinski definition) is 2. The largest absolute Gasteiger partial charge is 0.493 e. The Hall–Kier alpha value is -2.52. The molecule has 0 spiro atoms. The van der Waals surface area contributed by atoms with Crippen molar-refractivity contribution >= 4 is 23.5 Å². The lowest BCUT2D eigenvalue weighted by atomic mass is 10.0. The van der Waals surface area contributed by atoms with Crippen LogP contribution in [0.2, 0.25) is 0 Å². The maximum atomic E-state index is 12.6. The number of nitrogens with zero attached hydrogens (tertiary/aromatic N) is 3. The number of aromatic nitrogens is 2. The Labute approximate surface area is 161 Å². The molecule has 8 nitrogen and oxygen atoms in total. The monoisotopic (exact) mass is 390 g/mol. The van der Waals surface area contributed by atoms with Crippen molar-refractivity contribution in [3.05, 3.63) is 41.7 Å². The molecule has 1 aromatic carbocycles. The van der Waals surface area contributed by atoms with Crippen LogP contribution in [0, 0.1) is 6.92 Å². The number of para-hydroxylation sites is 1. The lowest BCUT2D eigenvalue weighted by Gasteiger charge is -2.36. The highest BCUT2D eigenvalue weighted by atomic mass is 32.1. The van der Waals surface area contributed by atoms with Gasteiger partial charge in [0.25, 0.3) is 5.91 Å². The summed E-state index contributed by atoms with van der Waals surface area (Å²) in [4.78, 5) is 26.3. The molecule has 144 valence electrons. The second-order valence-corrected chi connectivity index (χ2v) is 6.92. The molecule has 1 saturated heterocycles. The summed E-state index contributed by atoms with van der Waals surface area (Å²) in [5, 5.41) is 13.0. The number of aryl methyl sites for hydroxylation is 1. The molecule has 9 heteroatoms. The van der Waals surface area contributed by atoms with Gasteiger partial charge in [0.1, 0.15) is 5.75 Å². The average molecular weight is 390 g/mol. The summed E-state index contributed by atoms with van der Waals surface area (Å²) in [5.74, 6) is 0.252. The number of aliphatic hydroxyl groups is 1. The fourth-order valence-corrected chi connectivity index (χ4v) is 3.44. The number of piperidine rings is 1. The van der Waals surface area contributed by atoms with Crippen molar-refractivity contribution in [2.75, 3.05) is 19.7 Å². The fraction of sp³-hybridized carbons (Fsp3) is 0.444. The molecule has 2 amide bonds. The number of hydrogen-bond acceptors (Lipinski definition) is 7. The predicted octanol–water partition coefficient (Wildman–Crippen LogP) is 1.01. The van der Waals surface area contributed by atoms with E-state index in [0.29, 0.717) is 30.1 Å². The second-order valence-electron chi connectivity index (χ2n) is 6.39. The number of likely N-dealkylation sites (tertiary alicyclic amines) is 1. The van der Waals surface area contributed by atoms with Crippen LogP contribution in [0.3, 0.4) is 0 Å². The molecule has 2 heterocycles. The zero-order valence-corrected chi connectivity index (χ0v) is 15.8. The maximum absolute atomic E-state index is 12.6. The third-order valence-corrected chi connectivity index (χ3v) is 5.03. The van der Waals surface area contributed by atoms with Crippen molar-refractivity contribution in [3.8, 4) is 5.75 Å². The Morgan fingerprint density at radius 3 is 2.81 bits per heavy atom. The Morgan fingerprint density at radius 2 is 2.11 bits per heavy atom. The molecule has 0 saturated carbocycles. The zero-order chi connectivity index (χ0) is 19.2. The van der Waals surface area contributed by atoms with Gasteiger partial charge in [0.2, 0.25) is 5.91 Å². The molecule has 0 bridgehead atoms. The van der Waals surface area contributed by atoms with E-state index in [1.165, 1.54) is 0 Å². The minimum Gasteiger partial charge on any atom is -0.493 e. The van der Waals surface area contributed by atoms with Gasteiger partial charge >= 0.3 is 0 Å². The molecular formula is C18H22N4O4S. The van der Waals surface area contributed by atoms with Crippen LogP contribution in [0.25, 0.3) is 0 Å². The summed E-state index contributed by atoms with van der Waals surface area (Å²) in [5.41, 5.74) is 0.924. The van der Waals surface area contributed by atoms with E-state index in [9.17, 15) is 14.7 Å². The molecule has 2 aromatic rings. The van der Waals surface area contributed by atoms with Gasteiger partial charge in [0.15, 0.2) is 5.69 Å². The van der Waals surface area contributed by atoms with Crippen LogP contribution < -0.4 is 10.1 Å². The lowest BCUT2D eigenvalue weighted by molar-refractivity contribution is -0.123. The normalized spacial score (nSPS) is 19.6. The van der Waals surface area contributed by atoms with Crippen LogP contribution in [-0.4, -0.2) is 62.4 Å². The van der Waals surface area contributed by atoms with Gasteiger partial charge in [-0.15, -0.1) is 0 Å². The van der Waals surface area contributed by atoms with Crippen molar-refractivity contribution in [3.63, 3.8) is 0 Å². The van der Waals surface area contributed by atoms with E-state index in [0.717, 1.165) is 11.7 Å². The van der Waals surface area contributed by atoms with E-state index < -0.39 is 12.1 Å². The van der Waals surface area contributed by atoms with Crippen LogP contribution in [0.15, 0.2) is 30.3 Å². The van der Waals surface area contributed by atoms with Crippen molar-refractivity contribution in [1.29, 1.82) is 0 Å². The standard InChI is InChI=1S/C18H22N4O4S/c1-12-17(21-27-20-12)18(25)22-9-7-15(23)14(11-22)19-16(24)8-10-26-13-5-3-2-4-6-13/h2-6,14-15,23H,7-11H2,1H3,(H,19,24)/t14-,15-/m1/s1. The number of carbonyl (C=O) groups excluding carboxylic acids is 2. The summed E-state index contributed by atoms with van der Waals surface area (Å²) < 4.78 is 13.6. The Kier molecular flexibility index (Phi) is 6.36. The summed E-state index contributed by atoms with van der Waals surface area (Å²) in [6, 6.07) is 8.74. The molecule has 1 aliphatic rings. The average Bonchev–Trinajstić information content (AvgIpc) is 3.10. The molecule has 0 unspecified atom stereocenters. The van der Waals surface area contributed by atoms with E-state index >= 15 is 0 Å². The van der Waals surface area contributed by atoms with E-state index in [-0.39, 0.29) is 31.4 Å². The molecule has 27 heavy (non-hydrogen) atoms. The highest BCUT2D eigenvalue weighted by molar-refractivity contribution is 6.99. The number of benzene rings is 1. The summed E-state index contributed by atoms with van der Waals surface area (Å²) in [6.07, 6.45) is -0.127. The van der Waals surface area contributed by atoms with Crippen LogP contribution in [0.5, 0.6) is 5.75 Å². The molecule has 3 rings (SSSR count). The number of amides is 2. The molecule has 0 aliphatic carbocycles. The van der Waals surface area contributed by atoms with E-state index in [1.807, 2.05) is 30.3 Å². The molecule has 2 N–H and O–H groups in total. The number of rotatable bonds is 6. The van der Waals surface area contributed by atoms with Crippen molar-refractivity contribution in [2.45, 2.75) is 31.9 Å². The first-order chi connectivity index (χ1) is 13.0. The van der Waals surface area contributed by atoms with Crippen LogP contribution in [0.1, 0.15) is 29.0 Å². The van der Waals surface area contributed by atoms with Gasteiger partial charge in [0, 0.05) is 13.1 Å². The summed E-state index contributed by atoms with van der Waals surface area (Å²) in [6.45, 7) is 2.63. The first-order valence-electron chi connectivity index (χ1n) is 8.78. The van der Waals surface area contributed by atoms with Crippen LogP contribution in [-0.2, 0) is 4.79 Å². The van der Waals surface area contributed by atoms with E-state index in [1.54, 1.807) is 11.8 Å². The first kappa shape index (κ1) is 19.2. The Morgan fingerprint density at radius 1 is 1.33 bits per heavy atom. The van der Waals surface area contributed by atoms with E-state index in [4.69, 9.17) is 4.74 Å². The van der Waals surface area contributed by atoms with E-state index in [2.05, 4.69) is 14.1 Å². The minimum absolute atomic E-state index is 0.168. The van der Waals surface area contributed by atoms with Gasteiger partial charge in [-0.05, 0) is 25.5 Å². The summed E-state index contributed by atoms with van der Waals surface area (Å²) in [7, 11) is 0. The van der Waals surface area contributed by atoms with Crippen molar-refractivity contribution in [1.82, 2.24) is 19.0 Å². The van der Waals surface area contributed by atoms with Gasteiger partial charge in [-0.1, -0.05) is 18.2 Å². The third kappa shape index (κ3) is 5.01. The third-order valence-electron chi connectivity index (χ3n) is 4.41. The van der Waals surface area contributed by atoms with Crippen molar-refractivity contribution < 1.29 is 19.4 Å². The summed E-state index contributed by atoms with van der Waals surface area (Å²) >= 11 is 0.997. The highest BCUT2D eigenvalue weighted by Gasteiger charge is 2.33. The smallest absolute Gasteiger partial charge is 0.275 e. The Bertz CT molecular complexity index is 783. The molecule has 2 atom stereocenters. The van der Waals surface area contributed by atoms with Crippen molar-refractivity contribution in [2.24, 2.45) is 0 Å². The number of aliphatic hydroxyl groups excluding tert-OH is 1. The number of nitrogens with one attached hydrogen (secondary N) is 1. The predicted molar refractivity (Wildman–Crippen MR) is 99.7 cm³/mol. The molecule has 0 radical (unpaired) electrons. The fourth-order valence-electron chi connectivity index (χ4n) is 2.90. The number of ether oxygens (including phenoxy) is 1. The molecule has 1 fully saturated rings. The number of carbonyl (C=O) groups is 2. The van der Waals surface area contributed by atoms with Gasteiger partial charge in [-0.2, -0.15) is 8.75 Å².